The van der Waals surface area contributed by atoms with Crippen molar-refractivity contribution in [3.05, 3.63) is 47.3 Å². The van der Waals surface area contributed by atoms with Crippen molar-refractivity contribution < 1.29 is 0 Å². The quantitative estimate of drug-likeness (QED) is 0.480. The lowest BCUT2D eigenvalue weighted by molar-refractivity contribution is 1.01. The standard InChI is InChI=1S/C20H27BN6.C2H6/c1-5-10-21(13-22)11-16-6-8-17(9-7-16)12-24-19-18(15(2)23)20(27(3)4)26-14-25-19;1-2/h6-9,14,23H,5,10-12H2,1-4H3,(H,24,25,26);1-2H3. The van der Waals surface area contributed by atoms with Crippen molar-refractivity contribution in [2.45, 2.75) is 53.3 Å². The molecule has 2 rings (SSSR count). The average molecular weight is 392 g/mol. The zero-order chi connectivity index (χ0) is 21.8. The van der Waals surface area contributed by atoms with Crippen LogP contribution in [0.15, 0.2) is 30.6 Å². The highest BCUT2D eigenvalue weighted by Gasteiger charge is 2.15. The maximum absolute atomic E-state index is 9.22. The molecule has 0 aliphatic heterocycles. The monoisotopic (exact) mass is 392 g/mol. The SMILES string of the molecule is CC.CCCB(C#N)Cc1ccc(CNc2ncnc(N(C)C)c2C(C)=N)cc1. The van der Waals surface area contributed by atoms with Crippen molar-refractivity contribution in [2.75, 3.05) is 24.3 Å². The molecule has 0 saturated carbocycles. The molecule has 0 aliphatic rings. The molecule has 0 bridgehead atoms. The fourth-order valence-electron chi connectivity index (χ4n) is 3.02. The third-order valence-corrected chi connectivity index (χ3v) is 4.41. The van der Waals surface area contributed by atoms with Crippen molar-refractivity contribution in [1.29, 1.82) is 10.7 Å². The number of hydrogen-bond acceptors (Lipinski definition) is 6. The normalized spacial score (nSPS) is 9.69. The molecule has 29 heavy (non-hydrogen) atoms. The zero-order valence-corrected chi connectivity index (χ0v) is 18.6. The van der Waals surface area contributed by atoms with E-state index in [-0.39, 0.29) is 6.71 Å². The summed E-state index contributed by atoms with van der Waals surface area (Å²) < 4.78 is 0. The number of hydrogen-bond donors (Lipinski definition) is 2. The van der Waals surface area contributed by atoms with Gasteiger partial charge in [0, 0.05) is 32.3 Å². The maximum atomic E-state index is 9.22. The molecule has 0 atom stereocenters. The van der Waals surface area contributed by atoms with Gasteiger partial charge >= 0.3 is 0 Å². The number of nitriles is 1. The highest BCUT2D eigenvalue weighted by atomic mass is 15.2. The predicted octanol–water partition coefficient (Wildman–Crippen LogP) is 4.62. The first-order valence-corrected chi connectivity index (χ1v) is 10.2. The fourth-order valence-corrected chi connectivity index (χ4v) is 3.02. The average Bonchev–Trinajstić information content (AvgIpc) is 2.73. The topological polar surface area (TPSA) is 88.7 Å². The van der Waals surface area contributed by atoms with E-state index >= 15 is 0 Å². The van der Waals surface area contributed by atoms with Gasteiger partial charge in [0.1, 0.15) is 18.0 Å². The summed E-state index contributed by atoms with van der Waals surface area (Å²) in [6, 6.07) is 8.33. The maximum Gasteiger partial charge on any atom is 0.272 e. The molecule has 0 aliphatic carbocycles. The van der Waals surface area contributed by atoms with Crippen molar-refractivity contribution >= 4 is 24.1 Å². The smallest absolute Gasteiger partial charge is 0.272 e. The summed E-state index contributed by atoms with van der Waals surface area (Å²) in [5.41, 5.74) is 3.46. The minimum Gasteiger partial charge on any atom is -0.365 e. The van der Waals surface area contributed by atoms with Crippen molar-refractivity contribution in [3.8, 4) is 5.97 Å². The van der Waals surface area contributed by atoms with Gasteiger partial charge in [0.15, 0.2) is 0 Å². The molecule has 0 radical (unpaired) electrons. The van der Waals surface area contributed by atoms with E-state index in [1.54, 1.807) is 6.92 Å². The summed E-state index contributed by atoms with van der Waals surface area (Å²) in [6.45, 7) is 8.55. The lowest BCUT2D eigenvalue weighted by Gasteiger charge is -2.18. The van der Waals surface area contributed by atoms with Crippen LogP contribution in [0.4, 0.5) is 11.6 Å². The first-order valence-electron chi connectivity index (χ1n) is 10.2. The number of aromatic nitrogens is 2. The first-order chi connectivity index (χ1) is 14.0. The second-order valence-electron chi connectivity index (χ2n) is 6.93. The van der Waals surface area contributed by atoms with Crippen LogP contribution in [0.2, 0.25) is 6.32 Å². The second kappa shape index (κ2) is 12.6. The molecule has 0 saturated heterocycles. The number of nitrogens with zero attached hydrogens (tertiary/aromatic N) is 4. The van der Waals surface area contributed by atoms with Gasteiger partial charge in [0.2, 0.25) is 0 Å². The molecule has 1 heterocycles. The van der Waals surface area contributed by atoms with Crippen LogP contribution in [0.3, 0.4) is 0 Å². The Morgan fingerprint density at radius 3 is 2.31 bits per heavy atom. The molecule has 0 fully saturated rings. The number of rotatable bonds is 9. The Morgan fingerprint density at radius 2 is 1.79 bits per heavy atom. The molecule has 0 spiro atoms. The van der Waals surface area contributed by atoms with E-state index < -0.39 is 0 Å². The van der Waals surface area contributed by atoms with Gasteiger partial charge in [-0.2, -0.15) is 0 Å². The third kappa shape index (κ3) is 7.22. The molecule has 0 unspecified atom stereocenters. The Balaban J connectivity index is 0.00000204. The van der Waals surface area contributed by atoms with E-state index in [4.69, 9.17) is 5.41 Å². The van der Waals surface area contributed by atoms with Gasteiger partial charge in [-0.1, -0.05) is 63.3 Å². The molecular weight excluding hydrogens is 359 g/mol. The molecule has 154 valence electrons. The number of benzene rings is 1. The van der Waals surface area contributed by atoms with E-state index in [9.17, 15) is 5.26 Å². The molecule has 1 aromatic heterocycles. The lowest BCUT2D eigenvalue weighted by Crippen LogP contribution is -2.18. The molecule has 0 amide bonds. The minimum atomic E-state index is 0.0857. The van der Waals surface area contributed by atoms with Gasteiger partial charge in [0.25, 0.3) is 6.71 Å². The summed E-state index contributed by atoms with van der Waals surface area (Å²) in [5, 5.41) is 20.6. The van der Waals surface area contributed by atoms with E-state index in [2.05, 4.69) is 52.4 Å². The zero-order valence-electron chi connectivity index (χ0n) is 18.6. The van der Waals surface area contributed by atoms with Crippen molar-refractivity contribution in [2.24, 2.45) is 0 Å². The van der Waals surface area contributed by atoms with Crippen LogP contribution < -0.4 is 10.2 Å². The van der Waals surface area contributed by atoms with Gasteiger partial charge in [-0.15, -0.1) is 0 Å². The summed E-state index contributed by atoms with van der Waals surface area (Å²) >= 11 is 0. The van der Waals surface area contributed by atoms with E-state index in [0.29, 0.717) is 18.1 Å². The first kappa shape index (κ1) is 24.2. The molecule has 7 heteroatoms. The van der Waals surface area contributed by atoms with Crippen LogP contribution in [0.5, 0.6) is 0 Å². The Hall–Kier alpha value is -2.88. The Bertz CT molecular complexity index is 811. The summed E-state index contributed by atoms with van der Waals surface area (Å²) in [7, 11) is 3.81. The summed E-state index contributed by atoms with van der Waals surface area (Å²) in [6.07, 6.45) is 4.28. The van der Waals surface area contributed by atoms with E-state index in [1.165, 1.54) is 11.9 Å². The minimum absolute atomic E-state index is 0.0857. The van der Waals surface area contributed by atoms with Crippen LogP contribution in [0.1, 0.15) is 50.8 Å². The van der Waals surface area contributed by atoms with Crippen molar-refractivity contribution in [1.82, 2.24) is 9.97 Å². The van der Waals surface area contributed by atoms with Gasteiger partial charge in [-0.05, 0) is 18.8 Å². The van der Waals surface area contributed by atoms with Gasteiger partial charge in [-0.3, -0.25) is 0 Å². The highest BCUT2D eigenvalue weighted by Crippen LogP contribution is 2.23. The molecule has 1 aromatic carbocycles. The Labute approximate surface area is 176 Å². The molecular formula is C22H33BN6. The molecule has 2 N–H and O–H groups in total. The highest BCUT2D eigenvalue weighted by molar-refractivity contribution is 6.66. The third-order valence-electron chi connectivity index (χ3n) is 4.41. The van der Waals surface area contributed by atoms with Crippen LogP contribution in [-0.4, -0.2) is 36.5 Å². The van der Waals surface area contributed by atoms with Gasteiger partial charge in [0.05, 0.1) is 5.56 Å². The molecule has 6 nitrogen and oxygen atoms in total. The fraction of sp³-hybridized carbons (Fsp3) is 0.455. The van der Waals surface area contributed by atoms with Crippen LogP contribution in [0.25, 0.3) is 0 Å². The second-order valence-corrected chi connectivity index (χ2v) is 6.93. The Morgan fingerprint density at radius 1 is 1.17 bits per heavy atom. The lowest BCUT2D eigenvalue weighted by atomic mass is 9.45. The van der Waals surface area contributed by atoms with Crippen LogP contribution in [0, 0.1) is 16.6 Å². The van der Waals surface area contributed by atoms with Crippen LogP contribution >= 0.6 is 0 Å². The number of nitrogens with one attached hydrogen (secondary N) is 2. The van der Waals surface area contributed by atoms with Crippen molar-refractivity contribution in [3.63, 3.8) is 0 Å². The summed E-state index contributed by atoms with van der Waals surface area (Å²) in [5.74, 6) is 3.79. The van der Waals surface area contributed by atoms with Gasteiger partial charge < -0.3 is 15.6 Å². The van der Waals surface area contributed by atoms with E-state index in [0.717, 1.165) is 36.0 Å². The Kier molecular flexibility index (Phi) is 10.5. The molecule has 2 aromatic rings. The van der Waals surface area contributed by atoms with Crippen LogP contribution in [-0.2, 0) is 12.9 Å². The number of anilines is 2. The summed E-state index contributed by atoms with van der Waals surface area (Å²) in [4.78, 5) is 10.5. The predicted molar refractivity (Wildman–Crippen MR) is 124 cm³/mol. The largest absolute Gasteiger partial charge is 0.365 e. The van der Waals surface area contributed by atoms with E-state index in [1.807, 2.05) is 32.8 Å². The van der Waals surface area contributed by atoms with Gasteiger partial charge in [-0.25, -0.2) is 15.2 Å².